The minimum atomic E-state index is -1.51. The molecule has 0 amide bonds. The molecule has 1 aromatic rings. The van der Waals surface area contributed by atoms with Gasteiger partial charge in [0.25, 0.3) is 0 Å². The molecule has 0 bridgehead atoms. The number of aliphatic hydroxyl groups excluding tert-OH is 1. The summed E-state index contributed by atoms with van der Waals surface area (Å²) in [6.07, 6.45) is 6.26. The van der Waals surface area contributed by atoms with Gasteiger partial charge in [-0.05, 0) is 18.9 Å². The van der Waals surface area contributed by atoms with Gasteiger partial charge in [-0.25, -0.2) is 0 Å². The second kappa shape index (κ2) is 8.11. The van der Waals surface area contributed by atoms with Gasteiger partial charge in [0.05, 0.1) is 0 Å². The van der Waals surface area contributed by atoms with Crippen LogP contribution in [-0.4, -0.2) is 15.3 Å². The maximum atomic E-state index is 9.76. The van der Waals surface area contributed by atoms with Crippen LogP contribution in [-0.2, 0) is 6.42 Å². The minimum absolute atomic E-state index is 0.161. The molecule has 0 unspecified atom stereocenters. The number of hydrogen-bond acceptors (Lipinski definition) is 3. The first-order valence-electron chi connectivity index (χ1n) is 6.83. The van der Waals surface area contributed by atoms with Crippen molar-refractivity contribution in [3.63, 3.8) is 0 Å². The van der Waals surface area contributed by atoms with E-state index in [1.54, 1.807) is 18.2 Å². The molecule has 0 aliphatic carbocycles. The molecule has 1 rings (SSSR count). The lowest BCUT2D eigenvalue weighted by Crippen LogP contribution is -2.01. The van der Waals surface area contributed by atoms with Crippen LogP contribution in [0, 0.1) is 0 Å². The van der Waals surface area contributed by atoms with Gasteiger partial charge in [0.1, 0.15) is 5.75 Å². The van der Waals surface area contributed by atoms with Crippen LogP contribution in [0.15, 0.2) is 18.2 Å². The number of hydrogen-bond donors (Lipinski definition) is 3. The Hall–Kier alpha value is -1.06. The van der Waals surface area contributed by atoms with Crippen LogP contribution in [0.4, 0.5) is 0 Å². The zero-order valence-corrected chi connectivity index (χ0v) is 11.1. The Morgan fingerprint density at radius 1 is 1.00 bits per heavy atom. The van der Waals surface area contributed by atoms with Gasteiger partial charge in [-0.3, -0.25) is 0 Å². The topological polar surface area (TPSA) is 60.7 Å². The van der Waals surface area contributed by atoms with Gasteiger partial charge in [0.2, 0.25) is 0 Å². The Kier molecular flexibility index (Phi) is 6.76. The fraction of sp³-hybridized carbons (Fsp3) is 0.600. The van der Waals surface area contributed by atoms with Crippen molar-refractivity contribution < 1.29 is 15.3 Å². The lowest BCUT2D eigenvalue weighted by Gasteiger charge is -2.12. The number of unbranched alkanes of at least 4 members (excludes halogenated alkanes) is 5. The van der Waals surface area contributed by atoms with Crippen molar-refractivity contribution in [2.24, 2.45) is 0 Å². The molecule has 0 spiro atoms. The highest BCUT2D eigenvalue weighted by Crippen LogP contribution is 2.27. The molecule has 3 nitrogen and oxygen atoms in total. The van der Waals surface area contributed by atoms with Crippen LogP contribution in [0.5, 0.6) is 5.75 Å². The number of aromatic hydroxyl groups is 1. The second-order valence-corrected chi connectivity index (χ2v) is 4.74. The number of phenols is 1. The molecule has 0 saturated carbocycles. The summed E-state index contributed by atoms with van der Waals surface area (Å²) in [5.74, 6) is 0.161. The van der Waals surface area contributed by atoms with Crippen molar-refractivity contribution >= 4 is 0 Å². The van der Waals surface area contributed by atoms with Crippen LogP contribution >= 0.6 is 0 Å². The molecule has 0 saturated heterocycles. The largest absolute Gasteiger partial charge is 0.508 e. The lowest BCUT2D eigenvalue weighted by atomic mass is 9.99. The maximum Gasteiger partial charge on any atom is 0.178 e. The zero-order valence-electron chi connectivity index (χ0n) is 11.1. The highest BCUT2D eigenvalue weighted by atomic mass is 16.5. The number of benzene rings is 1. The third kappa shape index (κ3) is 4.67. The second-order valence-electron chi connectivity index (χ2n) is 4.74. The van der Waals surface area contributed by atoms with Gasteiger partial charge < -0.3 is 15.3 Å². The predicted molar refractivity (Wildman–Crippen MR) is 72.4 cm³/mol. The van der Waals surface area contributed by atoms with E-state index in [0.29, 0.717) is 17.5 Å². The summed E-state index contributed by atoms with van der Waals surface area (Å²) in [6, 6.07) is 4.88. The molecular formula is C15H24O3. The highest BCUT2D eigenvalue weighted by Gasteiger charge is 2.12. The monoisotopic (exact) mass is 252 g/mol. The lowest BCUT2D eigenvalue weighted by molar-refractivity contribution is -0.0432. The number of phenolic OH excluding ortho intramolecular Hbond substituents is 1. The molecule has 0 atom stereocenters. The van der Waals surface area contributed by atoms with Crippen LogP contribution in [0.3, 0.4) is 0 Å². The van der Waals surface area contributed by atoms with E-state index >= 15 is 0 Å². The Labute approximate surface area is 109 Å². The van der Waals surface area contributed by atoms with Crippen molar-refractivity contribution in [1.82, 2.24) is 0 Å². The normalized spacial score (nSPS) is 11.1. The molecular weight excluding hydrogens is 228 g/mol. The fourth-order valence-corrected chi connectivity index (χ4v) is 2.19. The van der Waals surface area contributed by atoms with Crippen molar-refractivity contribution in [3.05, 3.63) is 29.3 Å². The molecule has 0 fully saturated rings. The third-order valence-corrected chi connectivity index (χ3v) is 3.25. The fourth-order valence-electron chi connectivity index (χ4n) is 2.19. The average Bonchev–Trinajstić information content (AvgIpc) is 2.34. The summed E-state index contributed by atoms with van der Waals surface area (Å²) < 4.78 is 0. The summed E-state index contributed by atoms with van der Waals surface area (Å²) in [4.78, 5) is 0. The van der Waals surface area contributed by atoms with Crippen molar-refractivity contribution in [1.29, 1.82) is 0 Å². The Morgan fingerprint density at radius 2 is 1.67 bits per heavy atom. The first-order valence-corrected chi connectivity index (χ1v) is 6.83. The van der Waals surface area contributed by atoms with Crippen molar-refractivity contribution in [2.75, 3.05) is 0 Å². The predicted octanol–water partition coefficient (Wildman–Crippen LogP) is 3.28. The molecule has 102 valence electrons. The number of rotatable bonds is 8. The van der Waals surface area contributed by atoms with E-state index in [4.69, 9.17) is 0 Å². The molecule has 0 aliphatic heterocycles. The molecule has 0 aromatic heterocycles. The van der Waals surface area contributed by atoms with Crippen LogP contribution < -0.4 is 0 Å². The van der Waals surface area contributed by atoms with Gasteiger partial charge in [0, 0.05) is 11.1 Å². The van der Waals surface area contributed by atoms with Gasteiger partial charge in [-0.15, -0.1) is 0 Å². The third-order valence-electron chi connectivity index (χ3n) is 3.25. The smallest absolute Gasteiger partial charge is 0.178 e. The summed E-state index contributed by atoms with van der Waals surface area (Å²) in [6.45, 7) is 2.19. The van der Waals surface area contributed by atoms with Gasteiger partial charge >= 0.3 is 0 Å². The van der Waals surface area contributed by atoms with Crippen LogP contribution in [0.2, 0.25) is 0 Å². The Balaban J connectivity index is 2.46. The quantitative estimate of drug-likeness (QED) is 0.491. The molecule has 1 aromatic carbocycles. The van der Waals surface area contributed by atoms with E-state index < -0.39 is 6.29 Å². The summed E-state index contributed by atoms with van der Waals surface area (Å²) >= 11 is 0. The first kappa shape index (κ1) is 15.0. The molecule has 0 aliphatic rings. The standard InChI is InChI=1S/C15H24O3/c1-2-3-4-5-6-7-9-12-13(15(17)18)10-8-11-14(12)16/h8,10-11,15-18H,2-7,9H2,1H3. The minimum Gasteiger partial charge on any atom is -0.508 e. The first-order chi connectivity index (χ1) is 8.66. The molecule has 0 heterocycles. The van der Waals surface area contributed by atoms with Crippen molar-refractivity contribution in [2.45, 2.75) is 58.2 Å². The highest BCUT2D eigenvalue weighted by molar-refractivity contribution is 5.39. The van der Waals surface area contributed by atoms with E-state index in [1.807, 2.05) is 0 Å². The van der Waals surface area contributed by atoms with E-state index in [-0.39, 0.29) is 5.75 Å². The van der Waals surface area contributed by atoms with E-state index in [2.05, 4.69) is 6.92 Å². The average molecular weight is 252 g/mol. The summed E-state index contributed by atoms with van der Waals surface area (Å²) in [5.41, 5.74) is 1.09. The van der Waals surface area contributed by atoms with E-state index in [0.717, 1.165) is 12.8 Å². The number of aliphatic hydroxyl groups is 2. The molecule has 0 radical (unpaired) electrons. The molecule has 3 heteroatoms. The Bertz CT molecular complexity index is 348. The SMILES string of the molecule is CCCCCCCCc1c(O)cccc1C(O)O. The van der Waals surface area contributed by atoms with E-state index in [1.165, 1.54) is 25.7 Å². The summed E-state index contributed by atoms with van der Waals surface area (Å²) in [7, 11) is 0. The van der Waals surface area contributed by atoms with Crippen LogP contribution in [0.25, 0.3) is 0 Å². The summed E-state index contributed by atoms with van der Waals surface area (Å²) in [5, 5.41) is 28.3. The van der Waals surface area contributed by atoms with Crippen LogP contribution in [0.1, 0.15) is 62.9 Å². The molecule has 18 heavy (non-hydrogen) atoms. The van der Waals surface area contributed by atoms with Gasteiger partial charge in [-0.1, -0.05) is 51.2 Å². The van der Waals surface area contributed by atoms with Gasteiger partial charge in [-0.2, -0.15) is 0 Å². The van der Waals surface area contributed by atoms with Gasteiger partial charge in [0.15, 0.2) is 6.29 Å². The Morgan fingerprint density at radius 3 is 2.33 bits per heavy atom. The zero-order chi connectivity index (χ0) is 13.4. The maximum absolute atomic E-state index is 9.76. The van der Waals surface area contributed by atoms with E-state index in [9.17, 15) is 15.3 Å². The van der Waals surface area contributed by atoms with Crippen molar-refractivity contribution in [3.8, 4) is 5.75 Å². The molecule has 3 N–H and O–H groups in total.